The normalized spacial score (nSPS) is 22.8. The van der Waals surface area contributed by atoms with E-state index in [1.807, 2.05) is 6.07 Å². The van der Waals surface area contributed by atoms with E-state index in [2.05, 4.69) is 15.3 Å². The minimum Gasteiger partial charge on any atom is -0.340 e. The van der Waals surface area contributed by atoms with Crippen molar-refractivity contribution >= 4 is 46.7 Å². The van der Waals surface area contributed by atoms with E-state index in [9.17, 15) is 28.7 Å². The van der Waals surface area contributed by atoms with E-state index in [0.717, 1.165) is 24.0 Å². The summed E-state index contributed by atoms with van der Waals surface area (Å²) in [5, 5.41) is 12.7. The SMILES string of the molecule is N#Cc1ccnc(C2CN(C(=O)[C@@H]3CC[C@@H]4CCC[C@H](NC(=O)c5cc6cc(CP(=O)(O)O)ccc6s5)C(=O)N43)C2)n1. The zero-order valence-electron chi connectivity index (χ0n) is 22.5. The van der Waals surface area contributed by atoms with Gasteiger partial charge in [-0.3, -0.25) is 18.9 Å². The first-order valence-electron chi connectivity index (χ1n) is 13.8. The van der Waals surface area contributed by atoms with Crippen molar-refractivity contribution in [2.24, 2.45) is 0 Å². The van der Waals surface area contributed by atoms with Crippen LogP contribution in [0, 0.1) is 11.3 Å². The molecule has 0 bridgehead atoms. The monoisotopic (exact) mass is 608 g/mol. The lowest BCUT2D eigenvalue weighted by Crippen LogP contribution is -2.58. The molecule has 3 saturated heterocycles. The number of rotatable bonds is 6. The van der Waals surface area contributed by atoms with Gasteiger partial charge in [0.05, 0.1) is 17.0 Å². The summed E-state index contributed by atoms with van der Waals surface area (Å²) >= 11 is 1.25. The van der Waals surface area contributed by atoms with E-state index in [0.29, 0.717) is 47.6 Å². The van der Waals surface area contributed by atoms with Gasteiger partial charge < -0.3 is 24.9 Å². The number of likely N-dealkylation sites (tertiary alicyclic amines) is 1. The average molecular weight is 609 g/mol. The molecule has 0 spiro atoms. The molecule has 0 unspecified atom stereocenters. The van der Waals surface area contributed by atoms with Gasteiger partial charge in [0, 0.05) is 30.0 Å². The molecule has 1 aromatic carbocycles. The quantitative estimate of drug-likeness (QED) is 0.355. The number of hydrogen-bond donors (Lipinski definition) is 3. The first kappa shape index (κ1) is 28.4. The first-order chi connectivity index (χ1) is 20.1. The van der Waals surface area contributed by atoms with Crippen molar-refractivity contribution in [2.45, 2.75) is 62.3 Å². The van der Waals surface area contributed by atoms with Gasteiger partial charge in [0.25, 0.3) is 5.91 Å². The van der Waals surface area contributed by atoms with Crippen LogP contribution in [0.15, 0.2) is 36.5 Å². The number of amides is 3. The molecule has 3 N–H and O–H groups in total. The second kappa shape index (κ2) is 11.2. The van der Waals surface area contributed by atoms with Gasteiger partial charge in [0.2, 0.25) is 11.8 Å². The molecule has 3 aromatic rings. The molecule has 3 fully saturated rings. The Hall–Kier alpha value is -3.69. The van der Waals surface area contributed by atoms with Crippen LogP contribution in [0.2, 0.25) is 0 Å². The average Bonchev–Trinajstić information content (AvgIpc) is 3.51. The van der Waals surface area contributed by atoms with Gasteiger partial charge >= 0.3 is 7.60 Å². The van der Waals surface area contributed by atoms with Crippen molar-refractivity contribution in [3.8, 4) is 6.07 Å². The summed E-state index contributed by atoms with van der Waals surface area (Å²) in [5.74, 6) is -0.262. The zero-order valence-corrected chi connectivity index (χ0v) is 24.3. The van der Waals surface area contributed by atoms with Crippen molar-refractivity contribution in [1.29, 1.82) is 5.26 Å². The largest absolute Gasteiger partial charge is 0.340 e. The van der Waals surface area contributed by atoms with Crippen LogP contribution in [0.3, 0.4) is 0 Å². The Bertz CT molecular complexity index is 1660. The number of aromatic nitrogens is 2. The molecule has 0 radical (unpaired) electrons. The van der Waals surface area contributed by atoms with E-state index >= 15 is 0 Å². The van der Waals surface area contributed by atoms with E-state index in [4.69, 9.17) is 5.26 Å². The van der Waals surface area contributed by atoms with Gasteiger partial charge in [-0.1, -0.05) is 6.07 Å². The highest BCUT2D eigenvalue weighted by Crippen LogP contribution is 2.40. The zero-order chi connectivity index (χ0) is 29.6. The molecule has 3 aliphatic heterocycles. The van der Waals surface area contributed by atoms with Gasteiger partial charge in [-0.15, -0.1) is 11.3 Å². The maximum absolute atomic E-state index is 13.8. The Morgan fingerprint density at radius 2 is 1.95 bits per heavy atom. The highest BCUT2D eigenvalue weighted by Gasteiger charge is 2.47. The van der Waals surface area contributed by atoms with Crippen LogP contribution in [-0.4, -0.2) is 78.5 Å². The number of fused-ring (bicyclic) bond motifs is 2. The number of carbonyl (C=O) groups excluding carboxylic acids is 3. The molecule has 6 rings (SSSR count). The van der Waals surface area contributed by atoms with E-state index < -0.39 is 25.6 Å². The van der Waals surface area contributed by atoms with E-state index in [1.54, 1.807) is 40.3 Å². The summed E-state index contributed by atoms with van der Waals surface area (Å²) in [6.45, 7) is 0.859. The Balaban J connectivity index is 1.12. The van der Waals surface area contributed by atoms with Crippen LogP contribution in [-0.2, 0) is 20.3 Å². The lowest BCUT2D eigenvalue weighted by Gasteiger charge is -2.41. The van der Waals surface area contributed by atoms with Crippen molar-refractivity contribution < 1.29 is 28.7 Å². The van der Waals surface area contributed by atoms with Crippen molar-refractivity contribution in [2.75, 3.05) is 13.1 Å². The van der Waals surface area contributed by atoms with Crippen LogP contribution >= 0.6 is 18.9 Å². The second-order valence-corrected chi connectivity index (χ2v) is 13.8. The predicted octanol–water partition coefficient (Wildman–Crippen LogP) is 2.51. The smallest absolute Gasteiger partial charge is 0.329 e. The molecule has 3 amide bonds. The standard InChI is InChI=1S/C28H29N6O6PS/c29-12-19-8-9-30-25(31-19)18-13-33(14-18)28(37)22-6-5-20-2-1-3-21(27(36)34(20)22)32-26(35)24-11-17-10-16(15-41(38,39)40)4-7-23(17)42-24/h4,7-11,18,20-22H,1-3,5-6,13-15H2,(H,32,35)(H2,38,39,40)/t20-,21-,22-/m0/s1. The van der Waals surface area contributed by atoms with E-state index in [1.165, 1.54) is 17.4 Å². The van der Waals surface area contributed by atoms with Crippen LogP contribution in [0.4, 0.5) is 0 Å². The topological polar surface area (TPSA) is 177 Å². The number of benzene rings is 1. The molecule has 14 heteroatoms. The lowest BCUT2D eigenvalue weighted by atomic mass is 9.97. The third-order valence-corrected chi connectivity index (χ3v) is 10.1. The molecule has 3 atom stereocenters. The number of nitrogens with zero attached hydrogens (tertiary/aromatic N) is 5. The molecule has 2 aromatic heterocycles. The van der Waals surface area contributed by atoms with Gasteiger partial charge in [-0.25, -0.2) is 9.97 Å². The maximum Gasteiger partial charge on any atom is 0.329 e. The summed E-state index contributed by atoms with van der Waals surface area (Å²) in [6, 6.07) is 8.86. The summed E-state index contributed by atoms with van der Waals surface area (Å²) in [6.07, 6.45) is 4.47. The summed E-state index contributed by atoms with van der Waals surface area (Å²) < 4.78 is 12.2. The molecule has 218 valence electrons. The Kier molecular flexibility index (Phi) is 7.57. The van der Waals surface area contributed by atoms with Crippen LogP contribution in [0.5, 0.6) is 0 Å². The molecular weight excluding hydrogens is 579 g/mol. The first-order valence-corrected chi connectivity index (χ1v) is 16.4. The van der Waals surface area contributed by atoms with Crippen molar-refractivity contribution in [3.63, 3.8) is 0 Å². The Morgan fingerprint density at radius 1 is 1.14 bits per heavy atom. The highest BCUT2D eigenvalue weighted by molar-refractivity contribution is 7.50. The number of thiophene rings is 1. The minimum atomic E-state index is -4.22. The lowest BCUT2D eigenvalue weighted by molar-refractivity contribution is -0.148. The summed E-state index contributed by atoms with van der Waals surface area (Å²) in [7, 11) is -4.22. The molecule has 0 saturated carbocycles. The molecule has 3 aliphatic rings. The fourth-order valence-corrected chi connectivity index (χ4v) is 7.79. The molecule has 0 aliphatic carbocycles. The molecule has 5 heterocycles. The third-order valence-electron chi connectivity index (χ3n) is 8.22. The van der Waals surface area contributed by atoms with Gasteiger partial charge in [-0.05, 0) is 67.3 Å². The molecular formula is C28H29N6O6PS. The second-order valence-electron chi connectivity index (χ2n) is 11.1. The van der Waals surface area contributed by atoms with Crippen LogP contribution in [0.25, 0.3) is 10.1 Å². The van der Waals surface area contributed by atoms with Crippen LogP contribution < -0.4 is 5.32 Å². The Labute approximate surface area is 245 Å². The molecule has 42 heavy (non-hydrogen) atoms. The number of carbonyl (C=O) groups is 3. The summed E-state index contributed by atoms with van der Waals surface area (Å²) in [4.78, 5) is 71.4. The van der Waals surface area contributed by atoms with Crippen LogP contribution in [0.1, 0.15) is 64.8 Å². The van der Waals surface area contributed by atoms with Crippen molar-refractivity contribution in [3.05, 3.63) is 58.5 Å². The molecule has 12 nitrogen and oxygen atoms in total. The Morgan fingerprint density at radius 3 is 2.71 bits per heavy atom. The fourth-order valence-electron chi connectivity index (χ4n) is 6.17. The van der Waals surface area contributed by atoms with E-state index in [-0.39, 0.29) is 35.6 Å². The number of hydrogen-bond acceptors (Lipinski definition) is 8. The fraction of sp³-hybridized carbons (Fsp3) is 0.429. The number of nitrogens with one attached hydrogen (secondary N) is 1. The third kappa shape index (κ3) is 5.68. The summed E-state index contributed by atoms with van der Waals surface area (Å²) in [5.41, 5.74) is 0.763. The highest BCUT2D eigenvalue weighted by atomic mass is 32.1. The van der Waals surface area contributed by atoms with Gasteiger partial charge in [0.15, 0.2) is 0 Å². The van der Waals surface area contributed by atoms with Gasteiger partial charge in [0.1, 0.15) is 29.7 Å². The maximum atomic E-state index is 13.8. The van der Waals surface area contributed by atoms with Gasteiger partial charge in [-0.2, -0.15) is 5.26 Å². The predicted molar refractivity (Wildman–Crippen MR) is 152 cm³/mol. The number of nitriles is 1. The van der Waals surface area contributed by atoms with Crippen molar-refractivity contribution in [1.82, 2.24) is 25.1 Å². The minimum absolute atomic E-state index is 0.0437.